The van der Waals surface area contributed by atoms with E-state index in [2.05, 4.69) is 16.0 Å². The largest absolute Gasteiger partial charge is 0.353 e. The van der Waals surface area contributed by atoms with E-state index in [-0.39, 0.29) is 35.5 Å². The molecule has 3 heterocycles. The average molecular weight is 436 g/mol. The van der Waals surface area contributed by atoms with Gasteiger partial charge in [-0.25, -0.2) is 4.98 Å². The fraction of sp³-hybridized carbons (Fsp3) is 0.542. The summed E-state index contributed by atoms with van der Waals surface area (Å²) in [6.07, 6.45) is 7.15. The van der Waals surface area contributed by atoms with E-state index in [0.29, 0.717) is 51.0 Å². The molecule has 4 rings (SSSR count). The van der Waals surface area contributed by atoms with Crippen molar-refractivity contribution in [3.05, 3.63) is 36.0 Å². The van der Waals surface area contributed by atoms with E-state index in [1.165, 1.54) is 4.90 Å². The van der Waals surface area contributed by atoms with E-state index in [1.807, 2.05) is 26.0 Å². The Balaban J connectivity index is 1.48. The molecule has 3 amide bonds. The van der Waals surface area contributed by atoms with E-state index in [4.69, 9.17) is 5.26 Å². The van der Waals surface area contributed by atoms with Crippen LogP contribution in [0.25, 0.3) is 0 Å². The molecule has 1 aromatic rings. The molecular formula is C24H29N5O3. The van der Waals surface area contributed by atoms with Gasteiger partial charge in [-0.1, -0.05) is 26.0 Å². The third kappa shape index (κ3) is 4.12. The Kier molecular flexibility index (Phi) is 6.26. The summed E-state index contributed by atoms with van der Waals surface area (Å²) in [4.78, 5) is 49.2. The van der Waals surface area contributed by atoms with Gasteiger partial charge >= 0.3 is 0 Å². The number of nitrogens with zero attached hydrogens (tertiary/aromatic N) is 5. The Hall–Kier alpha value is -3.21. The third-order valence-electron chi connectivity index (χ3n) is 6.62. The molecule has 3 atom stereocenters. The number of anilines is 1. The lowest BCUT2D eigenvalue weighted by atomic mass is 9.85. The number of carbonyl (C=O) groups excluding carboxylic acids is 3. The summed E-state index contributed by atoms with van der Waals surface area (Å²) in [5.74, 6) is -0.305. The Labute approximate surface area is 188 Å². The van der Waals surface area contributed by atoms with Crippen LogP contribution in [0.3, 0.4) is 0 Å². The fourth-order valence-corrected chi connectivity index (χ4v) is 4.92. The van der Waals surface area contributed by atoms with Gasteiger partial charge in [-0.15, -0.1) is 0 Å². The van der Waals surface area contributed by atoms with E-state index in [1.54, 1.807) is 23.2 Å². The van der Waals surface area contributed by atoms with Crippen LogP contribution in [0.4, 0.5) is 5.82 Å². The van der Waals surface area contributed by atoms with Crippen LogP contribution in [0.15, 0.2) is 30.5 Å². The molecule has 0 aromatic carbocycles. The SMILES string of the molecule is CC(C)C[C@@H](C(=O)N1CCN(c2cc(C#N)ccn2)CC1)N1C(=O)[C@H]2CC=CC[C@H]2C1=O. The Morgan fingerprint density at radius 1 is 1.12 bits per heavy atom. The molecule has 0 radical (unpaired) electrons. The Bertz CT molecular complexity index is 948. The van der Waals surface area contributed by atoms with Crippen LogP contribution in [0.5, 0.6) is 0 Å². The van der Waals surface area contributed by atoms with Crippen molar-refractivity contribution in [3.63, 3.8) is 0 Å². The molecule has 0 bridgehead atoms. The zero-order valence-corrected chi connectivity index (χ0v) is 18.6. The van der Waals surface area contributed by atoms with Crippen LogP contribution in [-0.2, 0) is 14.4 Å². The summed E-state index contributed by atoms with van der Waals surface area (Å²) >= 11 is 0. The van der Waals surface area contributed by atoms with Crippen LogP contribution in [-0.4, -0.2) is 64.7 Å². The second-order valence-corrected chi connectivity index (χ2v) is 9.17. The van der Waals surface area contributed by atoms with Crippen molar-refractivity contribution in [3.8, 4) is 6.07 Å². The molecule has 8 nitrogen and oxygen atoms in total. The van der Waals surface area contributed by atoms with Crippen LogP contribution in [0.1, 0.15) is 38.7 Å². The lowest BCUT2D eigenvalue weighted by molar-refractivity contribution is -0.152. The van der Waals surface area contributed by atoms with Crippen molar-refractivity contribution in [2.24, 2.45) is 17.8 Å². The zero-order chi connectivity index (χ0) is 22.8. The molecule has 3 aliphatic rings. The van der Waals surface area contributed by atoms with E-state index in [9.17, 15) is 14.4 Å². The predicted octanol–water partition coefficient (Wildman–Crippen LogP) is 1.97. The highest BCUT2D eigenvalue weighted by Crippen LogP contribution is 2.37. The monoisotopic (exact) mass is 435 g/mol. The number of fused-ring (bicyclic) bond motifs is 1. The number of carbonyl (C=O) groups is 3. The molecule has 0 unspecified atom stereocenters. The first kappa shape index (κ1) is 22.0. The van der Waals surface area contributed by atoms with Crippen molar-refractivity contribution in [2.75, 3.05) is 31.1 Å². The topological polar surface area (TPSA) is 97.6 Å². The van der Waals surface area contributed by atoms with E-state index >= 15 is 0 Å². The second-order valence-electron chi connectivity index (χ2n) is 9.17. The number of piperazine rings is 1. The maximum atomic E-state index is 13.5. The first-order chi connectivity index (χ1) is 15.4. The summed E-state index contributed by atoms with van der Waals surface area (Å²) in [5.41, 5.74) is 0.549. The molecular weight excluding hydrogens is 406 g/mol. The number of likely N-dealkylation sites (tertiary alicyclic amines) is 1. The molecule has 32 heavy (non-hydrogen) atoms. The van der Waals surface area contributed by atoms with Crippen LogP contribution < -0.4 is 4.90 Å². The van der Waals surface area contributed by atoms with Gasteiger partial charge < -0.3 is 9.80 Å². The lowest BCUT2D eigenvalue weighted by Crippen LogP contribution is -2.56. The first-order valence-electron chi connectivity index (χ1n) is 11.3. The highest BCUT2D eigenvalue weighted by atomic mass is 16.2. The lowest BCUT2D eigenvalue weighted by Gasteiger charge is -2.38. The smallest absolute Gasteiger partial charge is 0.246 e. The Morgan fingerprint density at radius 3 is 2.31 bits per heavy atom. The maximum Gasteiger partial charge on any atom is 0.246 e. The Morgan fingerprint density at radius 2 is 1.75 bits per heavy atom. The number of hydrogen-bond donors (Lipinski definition) is 0. The summed E-state index contributed by atoms with van der Waals surface area (Å²) < 4.78 is 0. The molecule has 1 aromatic heterocycles. The number of rotatable bonds is 5. The van der Waals surface area contributed by atoms with Crippen molar-refractivity contribution in [1.29, 1.82) is 5.26 Å². The van der Waals surface area contributed by atoms with E-state index < -0.39 is 6.04 Å². The minimum absolute atomic E-state index is 0.148. The van der Waals surface area contributed by atoms with Crippen molar-refractivity contribution in [1.82, 2.24) is 14.8 Å². The van der Waals surface area contributed by atoms with Gasteiger partial charge in [0.25, 0.3) is 0 Å². The van der Waals surface area contributed by atoms with Crippen LogP contribution in [0, 0.1) is 29.1 Å². The molecule has 0 N–H and O–H groups in total. The third-order valence-corrected chi connectivity index (χ3v) is 6.62. The summed E-state index contributed by atoms with van der Waals surface area (Å²) in [6, 6.07) is 4.79. The minimum Gasteiger partial charge on any atom is -0.353 e. The number of nitriles is 1. The predicted molar refractivity (Wildman–Crippen MR) is 118 cm³/mol. The van der Waals surface area contributed by atoms with E-state index in [0.717, 1.165) is 5.82 Å². The van der Waals surface area contributed by atoms with Gasteiger partial charge in [-0.05, 0) is 37.3 Å². The molecule has 0 spiro atoms. The maximum absolute atomic E-state index is 13.5. The van der Waals surface area contributed by atoms with Crippen molar-refractivity contribution < 1.29 is 14.4 Å². The molecule has 2 fully saturated rings. The van der Waals surface area contributed by atoms with Crippen molar-refractivity contribution in [2.45, 2.75) is 39.2 Å². The first-order valence-corrected chi connectivity index (χ1v) is 11.3. The van der Waals surface area contributed by atoms with Gasteiger partial charge in [0.15, 0.2) is 0 Å². The minimum atomic E-state index is -0.743. The standard InChI is InChI=1S/C24H29N5O3/c1-16(2)13-20(29-22(30)18-5-3-4-6-19(18)23(29)31)24(32)28-11-9-27(10-12-28)21-14-17(15-25)7-8-26-21/h3-4,7-8,14,16,18-20H,5-6,9-13H2,1-2H3/t18-,19+,20-/m0/s1. The number of imide groups is 1. The molecule has 0 saturated carbocycles. The number of aromatic nitrogens is 1. The average Bonchev–Trinajstić information content (AvgIpc) is 3.07. The normalized spacial score (nSPS) is 24.0. The molecule has 8 heteroatoms. The van der Waals surface area contributed by atoms with Gasteiger partial charge in [-0.2, -0.15) is 5.26 Å². The summed E-state index contributed by atoms with van der Waals surface area (Å²) in [7, 11) is 0. The van der Waals surface area contributed by atoms with Gasteiger partial charge in [0.05, 0.1) is 23.5 Å². The summed E-state index contributed by atoms with van der Waals surface area (Å²) in [5, 5.41) is 9.12. The molecule has 1 aliphatic carbocycles. The molecule has 2 saturated heterocycles. The van der Waals surface area contributed by atoms with Crippen molar-refractivity contribution >= 4 is 23.5 Å². The van der Waals surface area contributed by atoms with Gasteiger partial charge in [-0.3, -0.25) is 19.3 Å². The fourth-order valence-electron chi connectivity index (χ4n) is 4.92. The number of allylic oxidation sites excluding steroid dienone is 2. The molecule has 168 valence electrons. The number of hydrogen-bond acceptors (Lipinski definition) is 6. The van der Waals surface area contributed by atoms with Gasteiger partial charge in [0, 0.05) is 32.4 Å². The molecule has 2 aliphatic heterocycles. The van der Waals surface area contributed by atoms with Crippen LogP contribution >= 0.6 is 0 Å². The number of amides is 3. The zero-order valence-electron chi connectivity index (χ0n) is 18.6. The van der Waals surface area contributed by atoms with Gasteiger partial charge in [0.1, 0.15) is 11.9 Å². The van der Waals surface area contributed by atoms with Gasteiger partial charge in [0.2, 0.25) is 17.7 Å². The second kappa shape index (κ2) is 9.11. The highest BCUT2D eigenvalue weighted by Gasteiger charge is 2.51. The number of pyridine rings is 1. The van der Waals surface area contributed by atoms with Crippen LogP contribution in [0.2, 0.25) is 0 Å². The summed E-state index contributed by atoms with van der Waals surface area (Å²) in [6.45, 7) is 6.14. The quantitative estimate of drug-likeness (QED) is 0.518. The highest BCUT2D eigenvalue weighted by molar-refractivity contribution is 6.08.